The largest absolute Gasteiger partial charge is 0.326 e. The SMILES string of the molecule is C#Cc1cccc(NC(=O)CCC2CCNC2)c1. The number of carbonyl (C=O) groups is 1. The van der Waals surface area contributed by atoms with Crippen molar-refractivity contribution in [2.75, 3.05) is 18.4 Å². The van der Waals surface area contributed by atoms with E-state index in [9.17, 15) is 4.79 Å². The fourth-order valence-electron chi connectivity index (χ4n) is 2.21. The Bertz CT molecular complexity index is 456. The first-order chi connectivity index (χ1) is 8.78. The molecule has 0 spiro atoms. The number of anilines is 1. The van der Waals surface area contributed by atoms with E-state index >= 15 is 0 Å². The maximum atomic E-state index is 11.8. The molecule has 2 N–H and O–H groups in total. The van der Waals surface area contributed by atoms with Crippen molar-refractivity contribution in [1.29, 1.82) is 0 Å². The normalized spacial score (nSPS) is 18.3. The second kappa shape index (κ2) is 6.23. The van der Waals surface area contributed by atoms with Gasteiger partial charge < -0.3 is 10.6 Å². The minimum Gasteiger partial charge on any atom is -0.326 e. The van der Waals surface area contributed by atoms with E-state index in [1.54, 1.807) is 0 Å². The van der Waals surface area contributed by atoms with Crippen LogP contribution in [-0.2, 0) is 4.79 Å². The summed E-state index contributed by atoms with van der Waals surface area (Å²) in [6.07, 6.45) is 8.03. The van der Waals surface area contributed by atoms with E-state index in [0.29, 0.717) is 12.3 Å². The van der Waals surface area contributed by atoms with E-state index in [0.717, 1.165) is 30.8 Å². The minimum atomic E-state index is 0.0658. The van der Waals surface area contributed by atoms with Gasteiger partial charge in [0, 0.05) is 17.7 Å². The molecule has 0 aliphatic carbocycles. The van der Waals surface area contributed by atoms with Crippen LogP contribution in [0.4, 0.5) is 5.69 Å². The van der Waals surface area contributed by atoms with Crippen LogP contribution in [0.5, 0.6) is 0 Å². The molecule has 1 saturated heterocycles. The third-order valence-electron chi connectivity index (χ3n) is 3.26. The fraction of sp³-hybridized carbons (Fsp3) is 0.400. The maximum Gasteiger partial charge on any atom is 0.224 e. The molecule has 1 aliphatic rings. The van der Waals surface area contributed by atoms with Crippen LogP contribution in [0.15, 0.2) is 24.3 Å². The lowest BCUT2D eigenvalue weighted by molar-refractivity contribution is -0.116. The van der Waals surface area contributed by atoms with Crippen LogP contribution >= 0.6 is 0 Å². The topological polar surface area (TPSA) is 41.1 Å². The van der Waals surface area contributed by atoms with Crippen LogP contribution in [0, 0.1) is 18.3 Å². The molecule has 0 aromatic heterocycles. The van der Waals surface area contributed by atoms with Gasteiger partial charge in [-0.3, -0.25) is 4.79 Å². The van der Waals surface area contributed by atoms with Crippen molar-refractivity contribution in [2.45, 2.75) is 19.3 Å². The highest BCUT2D eigenvalue weighted by atomic mass is 16.1. The second-order valence-corrected chi connectivity index (χ2v) is 4.67. The highest BCUT2D eigenvalue weighted by Crippen LogP contribution is 2.15. The lowest BCUT2D eigenvalue weighted by atomic mass is 10.0. The van der Waals surface area contributed by atoms with Gasteiger partial charge in [0.15, 0.2) is 0 Å². The Morgan fingerprint density at radius 1 is 1.56 bits per heavy atom. The summed E-state index contributed by atoms with van der Waals surface area (Å²) in [5.41, 5.74) is 1.56. The van der Waals surface area contributed by atoms with Gasteiger partial charge in [-0.25, -0.2) is 0 Å². The molecular weight excluding hydrogens is 224 g/mol. The molecule has 2 rings (SSSR count). The van der Waals surface area contributed by atoms with Crippen molar-refractivity contribution in [3.05, 3.63) is 29.8 Å². The van der Waals surface area contributed by atoms with Crippen molar-refractivity contribution in [3.8, 4) is 12.3 Å². The number of nitrogens with one attached hydrogen (secondary N) is 2. The lowest BCUT2D eigenvalue weighted by Crippen LogP contribution is -2.15. The van der Waals surface area contributed by atoms with Crippen LogP contribution in [0.25, 0.3) is 0 Å². The molecule has 0 saturated carbocycles. The monoisotopic (exact) mass is 242 g/mol. The van der Waals surface area contributed by atoms with Gasteiger partial charge in [-0.2, -0.15) is 0 Å². The van der Waals surface area contributed by atoms with E-state index in [-0.39, 0.29) is 5.91 Å². The summed E-state index contributed by atoms with van der Waals surface area (Å²) in [5.74, 6) is 3.27. The van der Waals surface area contributed by atoms with Crippen molar-refractivity contribution in [1.82, 2.24) is 5.32 Å². The van der Waals surface area contributed by atoms with E-state index in [4.69, 9.17) is 6.42 Å². The van der Waals surface area contributed by atoms with Crippen LogP contribution < -0.4 is 10.6 Å². The number of carbonyl (C=O) groups excluding carboxylic acids is 1. The third kappa shape index (κ3) is 3.61. The molecule has 1 unspecified atom stereocenters. The molecule has 1 fully saturated rings. The standard InChI is InChI=1S/C15H18N2O/c1-2-12-4-3-5-14(10-12)17-15(18)7-6-13-8-9-16-11-13/h1,3-5,10,13,16H,6-9,11H2,(H,17,18). The molecule has 0 bridgehead atoms. The molecule has 18 heavy (non-hydrogen) atoms. The molecule has 94 valence electrons. The zero-order valence-electron chi connectivity index (χ0n) is 10.4. The Hall–Kier alpha value is -1.79. The van der Waals surface area contributed by atoms with E-state index in [2.05, 4.69) is 16.6 Å². The molecule has 1 aliphatic heterocycles. The Morgan fingerprint density at radius 3 is 3.17 bits per heavy atom. The number of hydrogen-bond donors (Lipinski definition) is 2. The van der Waals surface area contributed by atoms with Crippen LogP contribution in [0.2, 0.25) is 0 Å². The molecule has 1 atom stereocenters. The van der Waals surface area contributed by atoms with Gasteiger partial charge in [0.05, 0.1) is 0 Å². The summed E-state index contributed by atoms with van der Waals surface area (Å²) in [7, 11) is 0. The summed E-state index contributed by atoms with van der Waals surface area (Å²) in [4.78, 5) is 11.8. The molecule has 0 radical (unpaired) electrons. The number of amides is 1. The predicted octanol–water partition coefficient (Wildman–Crippen LogP) is 2.00. The summed E-state index contributed by atoms with van der Waals surface area (Å²) >= 11 is 0. The van der Waals surface area contributed by atoms with Gasteiger partial charge >= 0.3 is 0 Å². The average Bonchev–Trinajstić information content (AvgIpc) is 2.90. The summed E-state index contributed by atoms with van der Waals surface area (Å²) in [5, 5.41) is 6.19. The van der Waals surface area contributed by atoms with E-state index in [1.165, 1.54) is 6.42 Å². The highest BCUT2D eigenvalue weighted by Gasteiger charge is 2.15. The van der Waals surface area contributed by atoms with Gasteiger partial charge in [0.25, 0.3) is 0 Å². The van der Waals surface area contributed by atoms with Gasteiger partial charge in [0.2, 0.25) is 5.91 Å². The number of benzene rings is 1. The first-order valence-corrected chi connectivity index (χ1v) is 6.35. The van der Waals surface area contributed by atoms with Crippen LogP contribution in [0.1, 0.15) is 24.8 Å². The molecule has 1 heterocycles. The number of hydrogen-bond acceptors (Lipinski definition) is 2. The summed E-state index contributed by atoms with van der Waals surface area (Å²) < 4.78 is 0. The average molecular weight is 242 g/mol. The van der Waals surface area contributed by atoms with Crippen LogP contribution in [-0.4, -0.2) is 19.0 Å². The van der Waals surface area contributed by atoms with Crippen molar-refractivity contribution >= 4 is 11.6 Å². The summed E-state index contributed by atoms with van der Waals surface area (Å²) in [6.45, 7) is 2.12. The Labute approximate surface area is 108 Å². The Morgan fingerprint density at radius 2 is 2.44 bits per heavy atom. The second-order valence-electron chi connectivity index (χ2n) is 4.67. The van der Waals surface area contributed by atoms with Crippen LogP contribution in [0.3, 0.4) is 0 Å². The molecule has 1 amide bonds. The molecule has 3 nitrogen and oxygen atoms in total. The molecular formula is C15H18N2O. The maximum absolute atomic E-state index is 11.8. The quantitative estimate of drug-likeness (QED) is 0.793. The minimum absolute atomic E-state index is 0.0658. The molecule has 1 aromatic carbocycles. The van der Waals surface area contributed by atoms with Crippen molar-refractivity contribution < 1.29 is 4.79 Å². The van der Waals surface area contributed by atoms with Gasteiger partial charge in [-0.1, -0.05) is 12.0 Å². The number of rotatable bonds is 4. The smallest absolute Gasteiger partial charge is 0.224 e. The first kappa shape index (κ1) is 12.7. The highest BCUT2D eigenvalue weighted by molar-refractivity contribution is 5.90. The third-order valence-corrected chi connectivity index (χ3v) is 3.26. The van der Waals surface area contributed by atoms with Gasteiger partial charge in [0.1, 0.15) is 0 Å². The van der Waals surface area contributed by atoms with E-state index in [1.807, 2.05) is 24.3 Å². The van der Waals surface area contributed by atoms with Gasteiger partial charge in [-0.15, -0.1) is 6.42 Å². The summed E-state index contributed by atoms with van der Waals surface area (Å²) in [6, 6.07) is 7.37. The van der Waals surface area contributed by atoms with Crippen molar-refractivity contribution in [3.63, 3.8) is 0 Å². The predicted molar refractivity (Wildman–Crippen MR) is 73.2 cm³/mol. The zero-order chi connectivity index (χ0) is 12.8. The lowest BCUT2D eigenvalue weighted by Gasteiger charge is -2.08. The number of terminal acetylenes is 1. The van der Waals surface area contributed by atoms with E-state index < -0.39 is 0 Å². The zero-order valence-corrected chi connectivity index (χ0v) is 10.4. The van der Waals surface area contributed by atoms with Gasteiger partial charge in [-0.05, 0) is 50.0 Å². The molecule has 1 aromatic rings. The fourth-order valence-corrected chi connectivity index (χ4v) is 2.21. The molecule has 3 heteroatoms. The van der Waals surface area contributed by atoms with Crippen molar-refractivity contribution in [2.24, 2.45) is 5.92 Å². The first-order valence-electron chi connectivity index (χ1n) is 6.35. The Kier molecular flexibility index (Phi) is 4.38. The Balaban J connectivity index is 1.81.